The number of nitrogens with zero attached hydrogens (tertiary/aromatic N) is 5. The number of rotatable bonds is 5. The summed E-state index contributed by atoms with van der Waals surface area (Å²) in [6, 6.07) is 7.64. The van der Waals surface area contributed by atoms with Crippen LogP contribution in [0.4, 0.5) is 0 Å². The van der Waals surface area contributed by atoms with Gasteiger partial charge in [0, 0.05) is 49.1 Å². The highest BCUT2D eigenvalue weighted by Gasteiger charge is 2.20. The SMILES string of the molecule is CC(C)N(Cc1nccn1C)C(=O)c1ccc(-n2ccnc2)cc1. The van der Waals surface area contributed by atoms with Crippen molar-refractivity contribution >= 4 is 5.91 Å². The molecule has 0 radical (unpaired) electrons. The Morgan fingerprint density at radius 2 is 1.92 bits per heavy atom. The first-order valence-electron chi connectivity index (χ1n) is 7.92. The van der Waals surface area contributed by atoms with Crippen LogP contribution in [0.3, 0.4) is 0 Å². The third-order valence-corrected chi connectivity index (χ3v) is 4.03. The minimum atomic E-state index is 0.00480. The van der Waals surface area contributed by atoms with Crippen LogP contribution in [0.25, 0.3) is 5.69 Å². The largest absolute Gasteiger partial charge is 0.337 e. The zero-order valence-electron chi connectivity index (χ0n) is 14.1. The van der Waals surface area contributed by atoms with Gasteiger partial charge in [-0.1, -0.05) is 0 Å². The molecule has 6 heteroatoms. The second-order valence-electron chi connectivity index (χ2n) is 6.00. The quantitative estimate of drug-likeness (QED) is 0.725. The molecule has 1 amide bonds. The predicted octanol–water partition coefficient (Wildman–Crippen LogP) is 2.66. The molecule has 0 saturated heterocycles. The maximum Gasteiger partial charge on any atom is 0.254 e. The van der Waals surface area contributed by atoms with Crippen molar-refractivity contribution in [2.75, 3.05) is 0 Å². The van der Waals surface area contributed by atoms with E-state index in [0.717, 1.165) is 11.5 Å². The molecule has 24 heavy (non-hydrogen) atoms. The molecule has 0 bridgehead atoms. The second-order valence-corrected chi connectivity index (χ2v) is 6.00. The zero-order chi connectivity index (χ0) is 17.1. The number of hydrogen-bond acceptors (Lipinski definition) is 3. The van der Waals surface area contributed by atoms with Crippen LogP contribution in [0.2, 0.25) is 0 Å². The van der Waals surface area contributed by atoms with E-state index in [-0.39, 0.29) is 11.9 Å². The normalized spacial score (nSPS) is 11.0. The molecule has 2 heterocycles. The Balaban J connectivity index is 1.81. The van der Waals surface area contributed by atoms with Gasteiger partial charge in [-0.05, 0) is 38.1 Å². The predicted molar refractivity (Wildman–Crippen MR) is 91.8 cm³/mol. The van der Waals surface area contributed by atoms with E-state index < -0.39 is 0 Å². The van der Waals surface area contributed by atoms with Gasteiger partial charge in [0.1, 0.15) is 5.82 Å². The molecular formula is C18H21N5O. The first-order chi connectivity index (χ1) is 11.6. The van der Waals surface area contributed by atoms with Crippen molar-refractivity contribution in [1.82, 2.24) is 24.0 Å². The van der Waals surface area contributed by atoms with Gasteiger partial charge in [-0.2, -0.15) is 0 Å². The van der Waals surface area contributed by atoms with Crippen LogP contribution in [-0.4, -0.2) is 36.0 Å². The average molecular weight is 323 g/mol. The molecule has 6 nitrogen and oxygen atoms in total. The van der Waals surface area contributed by atoms with Crippen LogP contribution in [-0.2, 0) is 13.6 Å². The molecular weight excluding hydrogens is 302 g/mol. The van der Waals surface area contributed by atoms with Crippen molar-refractivity contribution in [2.45, 2.75) is 26.4 Å². The summed E-state index contributed by atoms with van der Waals surface area (Å²) in [7, 11) is 1.94. The summed E-state index contributed by atoms with van der Waals surface area (Å²) in [6.07, 6.45) is 8.97. The minimum Gasteiger partial charge on any atom is -0.337 e. The standard InChI is InChI=1S/C18H21N5O/c1-14(2)23(12-17-20-9-10-21(17)3)18(24)15-4-6-16(7-5-15)22-11-8-19-13-22/h4-11,13-14H,12H2,1-3H3. The fourth-order valence-corrected chi connectivity index (χ4v) is 2.54. The number of amides is 1. The number of benzene rings is 1. The lowest BCUT2D eigenvalue weighted by atomic mass is 10.1. The monoisotopic (exact) mass is 323 g/mol. The van der Waals surface area contributed by atoms with Crippen molar-refractivity contribution in [1.29, 1.82) is 0 Å². The van der Waals surface area contributed by atoms with Crippen LogP contribution < -0.4 is 0 Å². The number of aryl methyl sites for hydroxylation is 1. The third-order valence-electron chi connectivity index (χ3n) is 4.03. The molecule has 0 aliphatic rings. The fourth-order valence-electron chi connectivity index (χ4n) is 2.54. The minimum absolute atomic E-state index is 0.00480. The number of imidazole rings is 2. The third kappa shape index (κ3) is 3.22. The van der Waals surface area contributed by atoms with Crippen molar-refractivity contribution in [3.63, 3.8) is 0 Å². The Bertz CT molecular complexity index is 802. The van der Waals surface area contributed by atoms with Gasteiger partial charge < -0.3 is 14.0 Å². The van der Waals surface area contributed by atoms with Gasteiger partial charge in [0.2, 0.25) is 0 Å². The summed E-state index contributed by atoms with van der Waals surface area (Å²) >= 11 is 0. The maximum atomic E-state index is 12.9. The van der Waals surface area contributed by atoms with Gasteiger partial charge in [0.15, 0.2) is 0 Å². The summed E-state index contributed by atoms with van der Waals surface area (Å²) in [4.78, 5) is 23.1. The molecule has 0 fully saturated rings. The lowest BCUT2D eigenvalue weighted by molar-refractivity contribution is 0.0683. The lowest BCUT2D eigenvalue weighted by Crippen LogP contribution is -2.37. The molecule has 0 saturated carbocycles. The molecule has 124 valence electrons. The van der Waals surface area contributed by atoms with Crippen LogP contribution in [0.15, 0.2) is 55.4 Å². The van der Waals surface area contributed by atoms with Crippen LogP contribution in [0, 0.1) is 0 Å². The van der Waals surface area contributed by atoms with Gasteiger partial charge in [0.05, 0.1) is 12.9 Å². The highest BCUT2D eigenvalue weighted by Crippen LogP contribution is 2.15. The first kappa shape index (κ1) is 16.0. The topological polar surface area (TPSA) is 56.0 Å². The fraction of sp³-hybridized carbons (Fsp3) is 0.278. The van der Waals surface area contributed by atoms with E-state index in [9.17, 15) is 4.79 Å². The average Bonchev–Trinajstić information content (AvgIpc) is 3.24. The summed E-state index contributed by atoms with van der Waals surface area (Å²) in [5, 5.41) is 0. The first-order valence-corrected chi connectivity index (χ1v) is 7.92. The van der Waals surface area contributed by atoms with E-state index >= 15 is 0 Å². The van der Waals surface area contributed by atoms with E-state index in [1.807, 2.05) is 71.6 Å². The van der Waals surface area contributed by atoms with E-state index in [1.165, 1.54) is 0 Å². The number of aromatic nitrogens is 4. The number of hydrogen-bond donors (Lipinski definition) is 0. The van der Waals surface area contributed by atoms with E-state index in [0.29, 0.717) is 12.1 Å². The van der Waals surface area contributed by atoms with Crippen molar-refractivity contribution in [3.8, 4) is 5.69 Å². The van der Waals surface area contributed by atoms with Crippen molar-refractivity contribution < 1.29 is 4.79 Å². The molecule has 0 unspecified atom stereocenters. The highest BCUT2D eigenvalue weighted by molar-refractivity contribution is 5.94. The van der Waals surface area contributed by atoms with Gasteiger partial charge >= 0.3 is 0 Å². The molecule has 0 atom stereocenters. The Kier molecular flexibility index (Phi) is 4.46. The molecule has 3 rings (SSSR count). The lowest BCUT2D eigenvalue weighted by Gasteiger charge is -2.26. The van der Waals surface area contributed by atoms with Crippen molar-refractivity contribution in [3.05, 3.63) is 66.8 Å². The summed E-state index contributed by atoms with van der Waals surface area (Å²) < 4.78 is 3.84. The molecule has 1 aromatic carbocycles. The van der Waals surface area contributed by atoms with Crippen LogP contribution in [0.1, 0.15) is 30.0 Å². The van der Waals surface area contributed by atoms with Crippen LogP contribution >= 0.6 is 0 Å². The van der Waals surface area contributed by atoms with E-state index in [4.69, 9.17) is 0 Å². The van der Waals surface area contributed by atoms with Crippen molar-refractivity contribution in [2.24, 2.45) is 7.05 Å². The maximum absolute atomic E-state index is 12.9. The van der Waals surface area contributed by atoms with Gasteiger partial charge in [-0.15, -0.1) is 0 Å². The van der Waals surface area contributed by atoms with E-state index in [1.54, 1.807) is 18.7 Å². The van der Waals surface area contributed by atoms with Gasteiger partial charge in [-0.3, -0.25) is 4.79 Å². The number of carbonyl (C=O) groups excluding carboxylic acids is 1. The molecule has 0 N–H and O–H groups in total. The molecule has 0 spiro atoms. The Hall–Kier alpha value is -2.89. The Morgan fingerprint density at radius 3 is 2.46 bits per heavy atom. The van der Waals surface area contributed by atoms with Gasteiger partial charge in [0.25, 0.3) is 5.91 Å². The van der Waals surface area contributed by atoms with E-state index in [2.05, 4.69) is 9.97 Å². The zero-order valence-corrected chi connectivity index (χ0v) is 14.1. The highest BCUT2D eigenvalue weighted by atomic mass is 16.2. The molecule has 0 aliphatic heterocycles. The Labute approximate surface area is 141 Å². The molecule has 3 aromatic rings. The number of carbonyl (C=O) groups is 1. The van der Waals surface area contributed by atoms with Crippen LogP contribution in [0.5, 0.6) is 0 Å². The second kappa shape index (κ2) is 6.70. The summed E-state index contributed by atoms with van der Waals surface area (Å²) in [5.74, 6) is 0.872. The molecule has 2 aromatic heterocycles. The summed E-state index contributed by atoms with van der Waals surface area (Å²) in [5.41, 5.74) is 1.64. The summed E-state index contributed by atoms with van der Waals surface area (Å²) in [6.45, 7) is 4.52. The molecule has 0 aliphatic carbocycles. The van der Waals surface area contributed by atoms with Gasteiger partial charge in [-0.25, -0.2) is 9.97 Å². The Morgan fingerprint density at radius 1 is 1.17 bits per heavy atom. The smallest absolute Gasteiger partial charge is 0.254 e.